The number of allylic oxidation sites excluding steroid dienone is 4. The van der Waals surface area contributed by atoms with Crippen molar-refractivity contribution in [2.45, 2.75) is 57.0 Å². The molecule has 2 aliphatic carbocycles. The van der Waals surface area contributed by atoms with Crippen molar-refractivity contribution < 1.29 is 0 Å². The zero-order valence-corrected chi connectivity index (χ0v) is 17.0. The van der Waals surface area contributed by atoms with Gasteiger partial charge in [-0.05, 0) is 29.5 Å². The maximum absolute atomic E-state index is 2.66. The lowest BCUT2D eigenvalue weighted by Crippen LogP contribution is -2.52. The highest BCUT2D eigenvalue weighted by Gasteiger charge is 2.43. The first kappa shape index (κ1) is 17.5. The normalized spacial score (nSPS) is 20.3. The van der Waals surface area contributed by atoms with E-state index in [0.717, 1.165) is 18.4 Å². The second-order valence-corrected chi connectivity index (χ2v) is 12.5. The van der Waals surface area contributed by atoms with Crippen LogP contribution in [0.5, 0.6) is 0 Å². The fourth-order valence-corrected chi connectivity index (χ4v) is 10.2. The van der Waals surface area contributed by atoms with Crippen LogP contribution in [0.25, 0.3) is 0 Å². The maximum atomic E-state index is 2.66. The zero-order chi connectivity index (χ0) is 17.8. The van der Waals surface area contributed by atoms with Crippen molar-refractivity contribution in [1.29, 1.82) is 0 Å². The van der Waals surface area contributed by atoms with Gasteiger partial charge in [-0.15, -0.1) is 0 Å². The summed E-state index contributed by atoms with van der Waals surface area (Å²) in [7, 11) is -1.72. The highest BCUT2D eigenvalue weighted by Crippen LogP contribution is 2.44. The Kier molecular flexibility index (Phi) is 5.26. The van der Waals surface area contributed by atoms with Crippen LogP contribution in [0, 0.1) is 0 Å². The van der Waals surface area contributed by atoms with Gasteiger partial charge in [-0.25, -0.2) is 0 Å². The van der Waals surface area contributed by atoms with Crippen molar-refractivity contribution >= 4 is 13.3 Å². The van der Waals surface area contributed by atoms with Gasteiger partial charge in [0.15, 0.2) is 0 Å². The Labute approximate surface area is 159 Å². The van der Waals surface area contributed by atoms with Crippen LogP contribution in [0.4, 0.5) is 0 Å². The summed E-state index contributed by atoms with van der Waals surface area (Å²) in [5, 5.41) is 3.37. The third-order valence-electron chi connectivity index (χ3n) is 6.62. The van der Waals surface area contributed by atoms with Crippen LogP contribution in [0.1, 0.15) is 44.1 Å². The van der Waals surface area contributed by atoms with Crippen LogP contribution in [-0.4, -0.2) is 8.07 Å². The van der Waals surface area contributed by atoms with Crippen molar-refractivity contribution in [3.05, 3.63) is 89.1 Å². The Bertz CT molecular complexity index is 781. The van der Waals surface area contributed by atoms with Crippen LogP contribution in [0.3, 0.4) is 0 Å². The summed E-state index contributed by atoms with van der Waals surface area (Å²) in [6.07, 6.45) is 14.4. The molecule has 1 saturated carbocycles. The Balaban J connectivity index is 1.70. The van der Waals surface area contributed by atoms with Gasteiger partial charge in [-0.1, -0.05) is 122 Å². The number of benzene rings is 2. The van der Waals surface area contributed by atoms with E-state index in [0.29, 0.717) is 0 Å². The van der Waals surface area contributed by atoms with Crippen molar-refractivity contribution in [1.82, 2.24) is 0 Å². The fraction of sp³-hybridized carbons (Fsp3) is 0.360. The van der Waals surface area contributed by atoms with Gasteiger partial charge in [0.25, 0.3) is 0 Å². The molecule has 0 saturated heterocycles. The topological polar surface area (TPSA) is 0 Å². The summed E-state index contributed by atoms with van der Waals surface area (Å²) >= 11 is 0. The number of hydrogen-bond donors (Lipinski definition) is 0. The number of hydrogen-bond acceptors (Lipinski definition) is 0. The van der Waals surface area contributed by atoms with E-state index in [9.17, 15) is 0 Å². The van der Waals surface area contributed by atoms with Gasteiger partial charge in [0.1, 0.15) is 8.07 Å². The molecule has 0 spiro atoms. The fourth-order valence-electron chi connectivity index (χ4n) is 5.16. The maximum Gasteiger partial charge on any atom is 0.118 e. The average Bonchev–Trinajstić information content (AvgIpc) is 3.18. The number of rotatable bonds is 5. The summed E-state index contributed by atoms with van der Waals surface area (Å²) < 4.78 is 0. The van der Waals surface area contributed by atoms with Gasteiger partial charge in [-0.2, -0.15) is 0 Å². The third-order valence-corrected chi connectivity index (χ3v) is 12.0. The van der Waals surface area contributed by atoms with Gasteiger partial charge in [-0.3, -0.25) is 0 Å². The molecule has 1 fully saturated rings. The first-order valence-electron chi connectivity index (χ1n) is 10.3. The van der Waals surface area contributed by atoms with E-state index in [-0.39, 0.29) is 0 Å². The first-order chi connectivity index (χ1) is 12.8. The molecular weight excluding hydrogens is 328 g/mol. The minimum atomic E-state index is -1.72. The zero-order valence-electron chi connectivity index (χ0n) is 16.0. The molecule has 2 aliphatic rings. The molecule has 134 valence electrons. The van der Waals surface area contributed by atoms with E-state index in [2.05, 4.69) is 79.4 Å². The summed E-state index contributed by atoms with van der Waals surface area (Å²) in [4.78, 5) is 0. The van der Waals surface area contributed by atoms with Gasteiger partial charge < -0.3 is 0 Å². The Morgan fingerprint density at radius 3 is 2.15 bits per heavy atom. The molecule has 1 atom stereocenters. The lowest BCUT2D eigenvalue weighted by Gasteiger charge is -2.41. The minimum Gasteiger partial charge on any atom is -0.0808 e. The molecule has 0 nitrogen and oxygen atoms in total. The van der Waals surface area contributed by atoms with Crippen molar-refractivity contribution in [3.63, 3.8) is 0 Å². The third kappa shape index (κ3) is 3.37. The van der Waals surface area contributed by atoms with Gasteiger partial charge in [0.2, 0.25) is 0 Å². The lowest BCUT2D eigenvalue weighted by atomic mass is 10.0. The first-order valence-corrected chi connectivity index (χ1v) is 12.9. The second kappa shape index (κ2) is 7.80. The Morgan fingerprint density at radius 1 is 0.808 bits per heavy atom. The van der Waals surface area contributed by atoms with Crippen molar-refractivity contribution in [2.75, 3.05) is 0 Å². The molecule has 2 aromatic carbocycles. The molecule has 0 aliphatic heterocycles. The van der Waals surface area contributed by atoms with Crippen LogP contribution >= 0.6 is 0 Å². The predicted octanol–water partition coefficient (Wildman–Crippen LogP) is 6.34. The molecule has 0 aromatic heterocycles. The summed E-state index contributed by atoms with van der Waals surface area (Å²) in [5.74, 6) is 0. The molecule has 0 amide bonds. The lowest BCUT2D eigenvalue weighted by molar-refractivity contribution is 0.494. The van der Waals surface area contributed by atoms with Crippen molar-refractivity contribution in [2.24, 2.45) is 0 Å². The molecule has 2 aromatic rings. The van der Waals surface area contributed by atoms with E-state index in [1.54, 1.807) is 16.0 Å². The smallest absolute Gasteiger partial charge is 0.0808 e. The molecule has 1 heteroatoms. The van der Waals surface area contributed by atoms with E-state index in [4.69, 9.17) is 0 Å². The largest absolute Gasteiger partial charge is 0.118 e. The highest BCUT2D eigenvalue weighted by molar-refractivity contribution is 6.98. The summed E-state index contributed by atoms with van der Waals surface area (Å²) in [6, 6.07) is 22.5. The van der Waals surface area contributed by atoms with Crippen LogP contribution in [0.2, 0.25) is 12.1 Å². The molecule has 0 N–H and O–H groups in total. The van der Waals surface area contributed by atoms with Crippen LogP contribution < -0.4 is 5.19 Å². The molecule has 4 rings (SSSR count). The van der Waals surface area contributed by atoms with E-state index in [1.807, 2.05) is 0 Å². The minimum absolute atomic E-state index is 0.891. The summed E-state index contributed by atoms with van der Waals surface area (Å²) in [5.41, 5.74) is 3.95. The van der Waals surface area contributed by atoms with Gasteiger partial charge in [0, 0.05) is 0 Å². The average molecular weight is 359 g/mol. The van der Waals surface area contributed by atoms with Crippen molar-refractivity contribution in [3.8, 4) is 0 Å². The molecule has 0 bridgehead atoms. The standard InChI is InChI=1S/C25H30Si/c1-26(23-15-7-3-8-16-23,24-17-9-4-10-18-24)25-19-11-14-22(25)20-21-12-5-2-6-13-21/h2-3,5-8,12-16,19,24H,4,9-11,17-18,20H2,1H3. The second-order valence-electron chi connectivity index (χ2n) is 8.15. The quantitative estimate of drug-likeness (QED) is 0.547. The molecular formula is C25H30Si. The van der Waals surface area contributed by atoms with Gasteiger partial charge >= 0.3 is 0 Å². The van der Waals surface area contributed by atoms with E-state index in [1.165, 1.54) is 37.7 Å². The molecule has 1 unspecified atom stereocenters. The van der Waals surface area contributed by atoms with Crippen LogP contribution in [-0.2, 0) is 6.42 Å². The van der Waals surface area contributed by atoms with E-state index < -0.39 is 8.07 Å². The monoisotopic (exact) mass is 358 g/mol. The van der Waals surface area contributed by atoms with Crippen LogP contribution in [0.15, 0.2) is 83.6 Å². The summed E-state index contributed by atoms with van der Waals surface area (Å²) in [6.45, 7) is 2.66. The molecule has 0 heterocycles. The highest BCUT2D eigenvalue weighted by atomic mass is 28.3. The molecule has 0 radical (unpaired) electrons. The van der Waals surface area contributed by atoms with E-state index >= 15 is 0 Å². The Morgan fingerprint density at radius 2 is 1.46 bits per heavy atom. The predicted molar refractivity (Wildman–Crippen MR) is 115 cm³/mol. The Hall–Kier alpha value is -1.86. The molecule has 26 heavy (non-hydrogen) atoms. The van der Waals surface area contributed by atoms with Gasteiger partial charge in [0.05, 0.1) is 0 Å². The SMILES string of the molecule is C[Si](C1=CCC=C1Cc1ccccc1)(c1ccccc1)C1CCCCC1.